The summed E-state index contributed by atoms with van der Waals surface area (Å²) in [4.78, 5) is 18.2. The third kappa shape index (κ3) is 5.48. The molecule has 1 aliphatic rings. The number of pyridine rings is 1. The van der Waals surface area contributed by atoms with Crippen molar-refractivity contribution in [1.82, 2.24) is 9.88 Å². The van der Waals surface area contributed by atoms with Crippen molar-refractivity contribution in [2.75, 3.05) is 26.3 Å². The average molecular weight is 340 g/mol. The fourth-order valence-corrected chi connectivity index (χ4v) is 3.00. The molecule has 0 spiro atoms. The number of piperidine rings is 1. The quantitative estimate of drug-likeness (QED) is 0.777. The van der Waals surface area contributed by atoms with Gasteiger partial charge < -0.3 is 14.4 Å². The van der Waals surface area contributed by atoms with Gasteiger partial charge >= 0.3 is 0 Å². The molecule has 1 aliphatic heterocycles. The molecule has 132 valence electrons. The maximum absolute atomic E-state index is 12.2. The van der Waals surface area contributed by atoms with Crippen LogP contribution in [0.3, 0.4) is 0 Å². The number of hydrogen-bond donors (Lipinski definition) is 0. The first-order chi connectivity index (χ1) is 12.3. The summed E-state index contributed by atoms with van der Waals surface area (Å²) in [6, 6.07) is 13.2. The maximum Gasteiger partial charge on any atom is 0.260 e. The molecule has 1 amide bonds. The van der Waals surface area contributed by atoms with Crippen LogP contribution < -0.4 is 9.47 Å². The minimum Gasteiger partial charge on any atom is -0.492 e. The van der Waals surface area contributed by atoms with Crippen molar-refractivity contribution in [1.29, 1.82) is 0 Å². The van der Waals surface area contributed by atoms with Crippen molar-refractivity contribution in [2.45, 2.75) is 19.3 Å². The number of hydrogen-bond acceptors (Lipinski definition) is 4. The second-order valence-electron chi connectivity index (χ2n) is 6.25. The van der Waals surface area contributed by atoms with Gasteiger partial charge in [0.05, 0.1) is 12.8 Å². The van der Waals surface area contributed by atoms with Gasteiger partial charge in [0.15, 0.2) is 6.61 Å². The first-order valence-electron chi connectivity index (χ1n) is 8.80. The number of rotatable bonds is 7. The van der Waals surface area contributed by atoms with Crippen LogP contribution in [0.2, 0.25) is 0 Å². The van der Waals surface area contributed by atoms with Gasteiger partial charge in [-0.05, 0) is 49.4 Å². The lowest BCUT2D eigenvalue weighted by molar-refractivity contribution is -0.134. The molecular weight excluding hydrogens is 316 g/mol. The molecule has 2 aromatic rings. The van der Waals surface area contributed by atoms with Crippen LogP contribution in [0.1, 0.15) is 19.3 Å². The third-order valence-electron chi connectivity index (χ3n) is 4.50. The standard InChI is InChI=1S/C20H24N2O3/c23-20(16-25-18-5-2-1-3-6-18)22-12-8-17(9-13-22)10-14-24-19-7-4-11-21-15-19/h1-7,11,15,17H,8-10,12-14,16H2. The first-order valence-corrected chi connectivity index (χ1v) is 8.80. The number of benzene rings is 1. The molecule has 0 atom stereocenters. The predicted octanol–water partition coefficient (Wildman–Crippen LogP) is 3.17. The van der Waals surface area contributed by atoms with E-state index in [1.807, 2.05) is 47.4 Å². The highest BCUT2D eigenvalue weighted by atomic mass is 16.5. The number of carbonyl (C=O) groups is 1. The SMILES string of the molecule is O=C(COc1ccccc1)N1CCC(CCOc2cccnc2)CC1. The van der Waals surface area contributed by atoms with Gasteiger partial charge in [-0.25, -0.2) is 0 Å². The van der Waals surface area contributed by atoms with Crippen LogP contribution in [0.5, 0.6) is 11.5 Å². The molecule has 2 heterocycles. The molecule has 0 N–H and O–H groups in total. The lowest BCUT2D eigenvalue weighted by Crippen LogP contribution is -2.41. The van der Waals surface area contributed by atoms with Crippen LogP contribution in [-0.4, -0.2) is 42.1 Å². The van der Waals surface area contributed by atoms with Crippen LogP contribution in [0.15, 0.2) is 54.9 Å². The molecular formula is C20H24N2O3. The highest BCUT2D eigenvalue weighted by Gasteiger charge is 2.23. The number of para-hydroxylation sites is 1. The van der Waals surface area contributed by atoms with E-state index in [0.29, 0.717) is 12.5 Å². The van der Waals surface area contributed by atoms with Gasteiger partial charge in [-0.1, -0.05) is 18.2 Å². The first kappa shape index (κ1) is 17.3. The van der Waals surface area contributed by atoms with Crippen molar-refractivity contribution in [3.05, 3.63) is 54.9 Å². The smallest absolute Gasteiger partial charge is 0.260 e. The molecule has 0 radical (unpaired) electrons. The van der Waals surface area contributed by atoms with Gasteiger partial charge in [-0.15, -0.1) is 0 Å². The Morgan fingerprint density at radius 3 is 2.52 bits per heavy atom. The maximum atomic E-state index is 12.2. The van der Waals surface area contributed by atoms with Gasteiger partial charge in [-0.3, -0.25) is 9.78 Å². The van der Waals surface area contributed by atoms with E-state index in [9.17, 15) is 4.79 Å². The third-order valence-corrected chi connectivity index (χ3v) is 4.50. The zero-order chi connectivity index (χ0) is 17.3. The second kappa shape index (κ2) is 9.06. The van der Waals surface area contributed by atoms with Crippen LogP contribution in [0.25, 0.3) is 0 Å². The van der Waals surface area contributed by atoms with Crippen molar-refractivity contribution >= 4 is 5.91 Å². The second-order valence-corrected chi connectivity index (χ2v) is 6.25. The zero-order valence-corrected chi connectivity index (χ0v) is 14.3. The predicted molar refractivity (Wildman–Crippen MR) is 95.6 cm³/mol. The van der Waals surface area contributed by atoms with Gasteiger partial charge in [0.1, 0.15) is 11.5 Å². The molecule has 0 bridgehead atoms. The molecule has 1 aromatic carbocycles. The Hall–Kier alpha value is -2.56. The van der Waals surface area contributed by atoms with Crippen molar-refractivity contribution in [3.8, 4) is 11.5 Å². The molecule has 0 unspecified atom stereocenters. The Balaban J connectivity index is 1.33. The summed E-state index contributed by atoms with van der Waals surface area (Å²) in [6.07, 6.45) is 6.52. The van der Waals surface area contributed by atoms with E-state index < -0.39 is 0 Å². The molecule has 5 heteroatoms. The summed E-state index contributed by atoms with van der Waals surface area (Å²) in [5.41, 5.74) is 0. The van der Waals surface area contributed by atoms with E-state index in [-0.39, 0.29) is 12.5 Å². The van der Waals surface area contributed by atoms with E-state index in [0.717, 1.165) is 43.9 Å². The van der Waals surface area contributed by atoms with Gasteiger partial charge in [0, 0.05) is 19.3 Å². The van der Waals surface area contributed by atoms with Crippen LogP contribution >= 0.6 is 0 Å². The Morgan fingerprint density at radius 1 is 1.04 bits per heavy atom. The number of nitrogens with zero attached hydrogens (tertiary/aromatic N) is 2. The van der Waals surface area contributed by atoms with Crippen LogP contribution in [0, 0.1) is 5.92 Å². The highest BCUT2D eigenvalue weighted by Crippen LogP contribution is 2.21. The summed E-state index contributed by atoms with van der Waals surface area (Å²) in [7, 11) is 0. The van der Waals surface area contributed by atoms with Crippen LogP contribution in [0.4, 0.5) is 0 Å². The number of carbonyl (C=O) groups excluding carboxylic acids is 1. The van der Waals surface area contributed by atoms with E-state index in [4.69, 9.17) is 9.47 Å². The van der Waals surface area contributed by atoms with Gasteiger partial charge in [-0.2, -0.15) is 0 Å². The van der Waals surface area contributed by atoms with Crippen LogP contribution in [-0.2, 0) is 4.79 Å². The van der Waals surface area contributed by atoms with Gasteiger partial charge in [0.2, 0.25) is 0 Å². The molecule has 1 saturated heterocycles. The normalized spacial score (nSPS) is 15.0. The van der Waals surface area contributed by atoms with Crippen molar-refractivity contribution in [2.24, 2.45) is 5.92 Å². The summed E-state index contributed by atoms with van der Waals surface area (Å²) < 4.78 is 11.3. The summed E-state index contributed by atoms with van der Waals surface area (Å²) >= 11 is 0. The monoisotopic (exact) mass is 340 g/mol. The molecule has 25 heavy (non-hydrogen) atoms. The van der Waals surface area contributed by atoms with Crippen molar-refractivity contribution in [3.63, 3.8) is 0 Å². The zero-order valence-electron chi connectivity index (χ0n) is 14.3. The molecule has 5 nitrogen and oxygen atoms in total. The Kier molecular flexibility index (Phi) is 6.26. The number of ether oxygens (including phenoxy) is 2. The fraction of sp³-hybridized carbons (Fsp3) is 0.400. The van der Waals surface area contributed by atoms with E-state index in [1.54, 1.807) is 12.4 Å². The summed E-state index contributed by atoms with van der Waals surface area (Å²) in [5, 5.41) is 0. The Bertz CT molecular complexity index is 641. The average Bonchev–Trinajstić information content (AvgIpc) is 2.68. The Labute approximate surface area is 148 Å². The lowest BCUT2D eigenvalue weighted by Gasteiger charge is -2.32. The number of likely N-dealkylation sites (tertiary alicyclic amines) is 1. The largest absolute Gasteiger partial charge is 0.492 e. The fourth-order valence-electron chi connectivity index (χ4n) is 3.00. The minimum atomic E-state index is 0.0638. The number of amides is 1. The minimum absolute atomic E-state index is 0.0638. The van der Waals surface area contributed by atoms with Crippen molar-refractivity contribution < 1.29 is 14.3 Å². The summed E-state index contributed by atoms with van der Waals surface area (Å²) in [6.45, 7) is 2.41. The lowest BCUT2D eigenvalue weighted by atomic mass is 9.94. The summed E-state index contributed by atoms with van der Waals surface area (Å²) in [5.74, 6) is 2.22. The van der Waals surface area contributed by atoms with E-state index >= 15 is 0 Å². The van der Waals surface area contributed by atoms with E-state index in [1.165, 1.54) is 0 Å². The topological polar surface area (TPSA) is 51.7 Å². The molecule has 0 aliphatic carbocycles. The molecule has 1 aromatic heterocycles. The molecule has 0 saturated carbocycles. The number of aromatic nitrogens is 1. The molecule has 1 fully saturated rings. The van der Waals surface area contributed by atoms with E-state index in [2.05, 4.69) is 4.98 Å². The van der Waals surface area contributed by atoms with Gasteiger partial charge in [0.25, 0.3) is 5.91 Å². The molecule has 3 rings (SSSR count). The highest BCUT2D eigenvalue weighted by molar-refractivity contribution is 5.77. The Morgan fingerprint density at radius 2 is 1.80 bits per heavy atom.